The van der Waals surface area contributed by atoms with E-state index in [1.165, 1.54) is 12.1 Å². The summed E-state index contributed by atoms with van der Waals surface area (Å²) >= 11 is 0. The van der Waals surface area contributed by atoms with E-state index in [1.54, 1.807) is 10.6 Å². The summed E-state index contributed by atoms with van der Waals surface area (Å²) in [5, 5.41) is 8.96. The first-order valence-corrected chi connectivity index (χ1v) is 6.19. The van der Waals surface area contributed by atoms with Crippen LogP contribution < -0.4 is 5.69 Å². The first-order valence-electron chi connectivity index (χ1n) is 6.19. The van der Waals surface area contributed by atoms with E-state index in [2.05, 4.69) is 25.8 Å². The van der Waals surface area contributed by atoms with Crippen LogP contribution in [0.3, 0.4) is 0 Å². The van der Waals surface area contributed by atoms with Crippen LogP contribution in [0, 0.1) is 5.41 Å². The number of imidazole rings is 1. The van der Waals surface area contributed by atoms with Crippen LogP contribution >= 0.6 is 0 Å². The van der Waals surface area contributed by atoms with Crippen molar-refractivity contribution >= 4 is 17.0 Å². The number of nitrogens with zero attached hydrogens (tertiary/aromatic N) is 1. The zero-order chi connectivity index (χ0) is 14.4. The van der Waals surface area contributed by atoms with E-state index >= 15 is 0 Å². The van der Waals surface area contributed by atoms with Crippen molar-refractivity contribution in [2.75, 3.05) is 0 Å². The fraction of sp³-hybridized carbons (Fsp3) is 0.429. The molecule has 0 aliphatic rings. The van der Waals surface area contributed by atoms with Gasteiger partial charge in [0.15, 0.2) is 0 Å². The molecule has 2 N–H and O–H groups in total. The number of benzene rings is 1. The van der Waals surface area contributed by atoms with E-state index in [0.29, 0.717) is 5.52 Å². The number of nitrogens with one attached hydrogen (secondary N) is 1. The van der Waals surface area contributed by atoms with Gasteiger partial charge in [0.1, 0.15) is 0 Å². The van der Waals surface area contributed by atoms with E-state index < -0.39 is 5.97 Å². The molecule has 1 atom stereocenters. The van der Waals surface area contributed by atoms with E-state index in [1.807, 2.05) is 6.92 Å². The third-order valence-corrected chi connectivity index (χ3v) is 3.60. The van der Waals surface area contributed by atoms with Crippen LogP contribution in [0.2, 0.25) is 0 Å². The molecule has 0 spiro atoms. The second-order valence-electron chi connectivity index (χ2n) is 5.88. The third-order valence-electron chi connectivity index (χ3n) is 3.60. The predicted octanol–water partition coefficient (Wildman–Crippen LogP) is 2.63. The van der Waals surface area contributed by atoms with Crippen molar-refractivity contribution in [2.45, 2.75) is 33.7 Å². The lowest BCUT2D eigenvalue weighted by molar-refractivity contribution is 0.0697. The summed E-state index contributed by atoms with van der Waals surface area (Å²) in [6.45, 7) is 8.18. The minimum atomic E-state index is -1.00. The summed E-state index contributed by atoms with van der Waals surface area (Å²) in [5.74, 6) is -1.00. The van der Waals surface area contributed by atoms with Crippen LogP contribution in [0.25, 0.3) is 11.0 Å². The van der Waals surface area contributed by atoms with E-state index in [9.17, 15) is 9.59 Å². The van der Waals surface area contributed by atoms with Crippen LogP contribution in [0.4, 0.5) is 0 Å². The van der Waals surface area contributed by atoms with Crippen LogP contribution in [-0.4, -0.2) is 20.6 Å². The lowest BCUT2D eigenvalue weighted by Crippen LogP contribution is -2.29. The molecule has 0 fully saturated rings. The Bertz CT molecular complexity index is 689. The number of aromatic amines is 1. The Hall–Kier alpha value is -2.04. The number of carboxylic acid groups (broad SMARTS) is 1. The average molecular weight is 262 g/mol. The molecule has 1 aromatic carbocycles. The van der Waals surface area contributed by atoms with Gasteiger partial charge in [-0.05, 0) is 30.5 Å². The van der Waals surface area contributed by atoms with Crippen molar-refractivity contribution in [1.29, 1.82) is 0 Å². The van der Waals surface area contributed by atoms with Gasteiger partial charge in [0.2, 0.25) is 0 Å². The van der Waals surface area contributed by atoms with Crippen molar-refractivity contribution in [3.63, 3.8) is 0 Å². The van der Waals surface area contributed by atoms with Crippen LogP contribution in [0.5, 0.6) is 0 Å². The minimum absolute atomic E-state index is 0.00410. The van der Waals surface area contributed by atoms with E-state index in [0.717, 1.165) is 5.52 Å². The molecule has 0 saturated carbocycles. The lowest BCUT2D eigenvalue weighted by Gasteiger charge is -2.28. The molecular formula is C14H18N2O3. The summed E-state index contributed by atoms with van der Waals surface area (Å²) in [4.78, 5) is 25.7. The van der Waals surface area contributed by atoms with Gasteiger partial charge in [-0.3, -0.25) is 4.57 Å². The molecule has 102 valence electrons. The largest absolute Gasteiger partial charge is 0.478 e. The maximum absolute atomic E-state index is 12.1. The molecule has 0 radical (unpaired) electrons. The Morgan fingerprint density at radius 3 is 2.53 bits per heavy atom. The van der Waals surface area contributed by atoms with Gasteiger partial charge in [0.05, 0.1) is 16.6 Å². The van der Waals surface area contributed by atoms with Crippen LogP contribution in [-0.2, 0) is 0 Å². The Morgan fingerprint density at radius 2 is 2.00 bits per heavy atom. The summed E-state index contributed by atoms with van der Waals surface area (Å²) in [6.07, 6.45) is 0. The second kappa shape index (κ2) is 4.26. The predicted molar refractivity (Wildman–Crippen MR) is 73.7 cm³/mol. The maximum Gasteiger partial charge on any atom is 0.335 e. The van der Waals surface area contributed by atoms with Gasteiger partial charge in [0.25, 0.3) is 0 Å². The van der Waals surface area contributed by atoms with Crippen molar-refractivity contribution in [1.82, 2.24) is 9.55 Å². The SMILES string of the molecule is CC(n1c(=O)[nH]c2cc(C(=O)O)ccc21)C(C)(C)C. The van der Waals surface area contributed by atoms with Gasteiger partial charge in [0, 0.05) is 6.04 Å². The Labute approximate surface area is 110 Å². The third kappa shape index (κ3) is 2.28. The molecule has 5 nitrogen and oxygen atoms in total. The number of carboxylic acids is 1. The molecule has 0 aliphatic carbocycles. The monoisotopic (exact) mass is 262 g/mol. The minimum Gasteiger partial charge on any atom is -0.478 e. The normalized spacial score (nSPS) is 13.7. The Morgan fingerprint density at radius 1 is 1.37 bits per heavy atom. The topological polar surface area (TPSA) is 75.1 Å². The smallest absolute Gasteiger partial charge is 0.335 e. The number of aromatic carboxylic acids is 1. The van der Waals surface area contributed by atoms with E-state index in [4.69, 9.17) is 5.11 Å². The van der Waals surface area contributed by atoms with Gasteiger partial charge >= 0.3 is 11.7 Å². The van der Waals surface area contributed by atoms with Gasteiger partial charge in [-0.25, -0.2) is 9.59 Å². The number of rotatable bonds is 2. The molecule has 1 unspecified atom stereocenters. The fourth-order valence-electron chi connectivity index (χ4n) is 2.04. The molecule has 19 heavy (non-hydrogen) atoms. The van der Waals surface area contributed by atoms with Gasteiger partial charge < -0.3 is 10.1 Å². The van der Waals surface area contributed by atoms with Gasteiger partial charge in [-0.2, -0.15) is 0 Å². The second-order valence-corrected chi connectivity index (χ2v) is 5.88. The highest BCUT2D eigenvalue weighted by atomic mass is 16.4. The highest BCUT2D eigenvalue weighted by Crippen LogP contribution is 2.31. The standard InChI is InChI=1S/C14H18N2O3/c1-8(14(2,3)4)16-11-6-5-9(12(17)18)7-10(11)15-13(16)19/h5-8H,1-4H3,(H,15,19)(H,17,18). The van der Waals surface area contributed by atoms with Crippen molar-refractivity contribution in [2.24, 2.45) is 5.41 Å². The molecule has 0 bridgehead atoms. The van der Waals surface area contributed by atoms with Gasteiger partial charge in [-0.15, -0.1) is 0 Å². The highest BCUT2D eigenvalue weighted by Gasteiger charge is 2.25. The number of carbonyl (C=O) groups is 1. The lowest BCUT2D eigenvalue weighted by atomic mass is 9.88. The molecule has 0 amide bonds. The van der Waals surface area contributed by atoms with Crippen molar-refractivity contribution in [3.05, 3.63) is 34.2 Å². The molecule has 2 rings (SSSR count). The summed E-state index contributed by atoms with van der Waals surface area (Å²) in [7, 11) is 0. The highest BCUT2D eigenvalue weighted by molar-refractivity contribution is 5.92. The maximum atomic E-state index is 12.1. The first kappa shape index (κ1) is 13.4. The molecule has 2 aromatic rings. The fourth-order valence-corrected chi connectivity index (χ4v) is 2.04. The zero-order valence-electron chi connectivity index (χ0n) is 11.5. The quantitative estimate of drug-likeness (QED) is 0.873. The Balaban J connectivity index is 2.67. The average Bonchev–Trinajstić information content (AvgIpc) is 2.61. The molecule has 1 heterocycles. The molecule has 1 aromatic heterocycles. The summed E-state index contributed by atoms with van der Waals surface area (Å²) < 4.78 is 1.68. The van der Waals surface area contributed by atoms with Crippen LogP contribution in [0.1, 0.15) is 44.1 Å². The molecular weight excluding hydrogens is 244 g/mol. The molecule has 0 saturated heterocycles. The molecule has 0 aliphatic heterocycles. The van der Waals surface area contributed by atoms with E-state index in [-0.39, 0.29) is 22.7 Å². The zero-order valence-corrected chi connectivity index (χ0v) is 11.5. The number of aromatic nitrogens is 2. The summed E-state index contributed by atoms with van der Waals surface area (Å²) in [5.41, 5.74) is 1.19. The van der Waals surface area contributed by atoms with Crippen molar-refractivity contribution in [3.8, 4) is 0 Å². The first-order chi connectivity index (χ1) is 8.71. The molecule has 5 heteroatoms. The number of hydrogen-bond acceptors (Lipinski definition) is 2. The number of H-pyrrole nitrogens is 1. The number of fused-ring (bicyclic) bond motifs is 1. The summed E-state index contributed by atoms with van der Waals surface area (Å²) in [6, 6.07) is 4.69. The van der Waals surface area contributed by atoms with Crippen LogP contribution in [0.15, 0.2) is 23.0 Å². The Kier molecular flexibility index (Phi) is 3.00. The van der Waals surface area contributed by atoms with Crippen molar-refractivity contribution < 1.29 is 9.90 Å². The van der Waals surface area contributed by atoms with Gasteiger partial charge in [-0.1, -0.05) is 20.8 Å². The number of hydrogen-bond donors (Lipinski definition) is 2.